The lowest BCUT2D eigenvalue weighted by molar-refractivity contribution is -0.167. The van der Waals surface area contributed by atoms with E-state index in [0.717, 1.165) is 0 Å². The zero-order valence-corrected chi connectivity index (χ0v) is 10.3. The molecule has 1 aliphatic rings. The Morgan fingerprint density at radius 1 is 1.21 bits per heavy atom. The average Bonchev–Trinajstić information content (AvgIpc) is 2.39. The van der Waals surface area contributed by atoms with Crippen LogP contribution in [-0.4, -0.2) is 29.1 Å². The molecule has 0 saturated heterocycles. The van der Waals surface area contributed by atoms with Crippen molar-refractivity contribution in [3.63, 3.8) is 0 Å². The van der Waals surface area contributed by atoms with E-state index in [4.69, 9.17) is 14.6 Å². The molecular weight excluding hydrogens is 248 g/mol. The molecule has 5 nitrogen and oxygen atoms in total. The zero-order chi connectivity index (χ0) is 13.9. The van der Waals surface area contributed by atoms with E-state index >= 15 is 0 Å². The fraction of sp³-hybridized carbons (Fsp3) is 0.214. The minimum Gasteiger partial charge on any atom is -0.497 e. The van der Waals surface area contributed by atoms with Crippen LogP contribution in [0.1, 0.15) is 0 Å². The number of carbonyl (C=O) groups is 1. The Hall–Kier alpha value is -2.27. The standard InChI is InChI=1S/C14H14O5/c1-18-10-5-7-11(8-6-10)19-14(17)9-3-2-4-12(14)13(15)16/h2-9,12,17H,1H3,(H,15,16). The number of carboxylic acid groups (broad SMARTS) is 1. The van der Waals surface area contributed by atoms with Crippen molar-refractivity contribution in [1.29, 1.82) is 0 Å². The lowest BCUT2D eigenvalue weighted by Crippen LogP contribution is -2.45. The van der Waals surface area contributed by atoms with Gasteiger partial charge < -0.3 is 19.7 Å². The number of allylic oxidation sites excluding steroid dienone is 2. The van der Waals surface area contributed by atoms with Crippen molar-refractivity contribution in [3.05, 3.63) is 48.6 Å². The molecule has 0 saturated carbocycles. The summed E-state index contributed by atoms with van der Waals surface area (Å²) in [6.45, 7) is 0. The van der Waals surface area contributed by atoms with Gasteiger partial charge >= 0.3 is 5.97 Å². The SMILES string of the molecule is COc1ccc(OC2(O)C=CC=CC2C(=O)O)cc1. The first-order chi connectivity index (χ1) is 9.05. The number of rotatable bonds is 4. The molecule has 1 aromatic rings. The Morgan fingerprint density at radius 3 is 2.42 bits per heavy atom. The number of carboxylic acids is 1. The Morgan fingerprint density at radius 2 is 1.84 bits per heavy atom. The second kappa shape index (κ2) is 5.16. The van der Waals surface area contributed by atoms with Crippen molar-refractivity contribution in [2.75, 3.05) is 7.11 Å². The summed E-state index contributed by atoms with van der Waals surface area (Å²) in [7, 11) is 1.54. The third-order valence-corrected chi connectivity index (χ3v) is 2.80. The van der Waals surface area contributed by atoms with Gasteiger partial charge in [-0.1, -0.05) is 18.2 Å². The lowest BCUT2D eigenvalue weighted by atomic mass is 9.94. The van der Waals surface area contributed by atoms with E-state index < -0.39 is 17.7 Å². The van der Waals surface area contributed by atoms with Crippen LogP contribution in [0.15, 0.2) is 48.6 Å². The van der Waals surface area contributed by atoms with E-state index in [-0.39, 0.29) is 0 Å². The van der Waals surface area contributed by atoms with E-state index in [9.17, 15) is 9.90 Å². The summed E-state index contributed by atoms with van der Waals surface area (Å²) in [6.07, 6.45) is 5.80. The smallest absolute Gasteiger partial charge is 0.317 e. The maximum atomic E-state index is 11.1. The molecule has 2 unspecified atom stereocenters. The lowest BCUT2D eigenvalue weighted by Gasteiger charge is -2.31. The fourth-order valence-corrected chi connectivity index (χ4v) is 1.80. The van der Waals surface area contributed by atoms with E-state index in [1.54, 1.807) is 43.5 Å². The van der Waals surface area contributed by atoms with E-state index in [1.165, 1.54) is 12.2 Å². The molecular formula is C14H14O5. The molecule has 0 fully saturated rings. The van der Waals surface area contributed by atoms with Crippen molar-refractivity contribution in [2.45, 2.75) is 5.79 Å². The summed E-state index contributed by atoms with van der Waals surface area (Å²) in [5.41, 5.74) is 0. The molecule has 1 aliphatic carbocycles. The minimum absolute atomic E-state index is 0.356. The van der Waals surface area contributed by atoms with Crippen LogP contribution in [0.4, 0.5) is 0 Å². The first-order valence-electron chi connectivity index (χ1n) is 5.69. The molecule has 0 heterocycles. The number of hydrogen-bond donors (Lipinski definition) is 2. The molecule has 5 heteroatoms. The number of aliphatic hydroxyl groups is 1. The van der Waals surface area contributed by atoms with Crippen LogP contribution >= 0.6 is 0 Å². The zero-order valence-electron chi connectivity index (χ0n) is 10.3. The highest BCUT2D eigenvalue weighted by Gasteiger charge is 2.41. The summed E-state index contributed by atoms with van der Waals surface area (Å²) in [5, 5.41) is 19.4. The predicted octanol–water partition coefficient (Wildman–Crippen LogP) is 1.59. The summed E-state index contributed by atoms with van der Waals surface area (Å²) in [5.74, 6) is -3.20. The Labute approximate surface area is 110 Å². The average molecular weight is 262 g/mol. The number of ether oxygens (including phenoxy) is 2. The van der Waals surface area contributed by atoms with Crippen molar-refractivity contribution in [3.8, 4) is 11.5 Å². The molecule has 2 atom stereocenters. The van der Waals surface area contributed by atoms with Crippen molar-refractivity contribution in [2.24, 2.45) is 5.92 Å². The van der Waals surface area contributed by atoms with Gasteiger partial charge in [0.1, 0.15) is 17.4 Å². The monoisotopic (exact) mass is 262 g/mol. The second-order valence-electron chi connectivity index (χ2n) is 4.09. The van der Waals surface area contributed by atoms with Gasteiger partial charge in [-0.3, -0.25) is 4.79 Å². The number of methoxy groups -OCH3 is 1. The number of aliphatic carboxylic acids is 1. The molecule has 0 bridgehead atoms. The van der Waals surface area contributed by atoms with Gasteiger partial charge in [-0.2, -0.15) is 0 Å². The first-order valence-corrected chi connectivity index (χ1v) is 5.69. The first kappa shape index (κ1) is 13.2. The minimum atomic E-state index is -1.89. The molecule has 0 spiro atoms. The van der Waals surface area contributed by atoms with Crippen LogP contribution in [-0.2, 0) is 4.79 Å². The maximum absolute atomic E-state index is 11.1. The topological polar surface area (TPSA) is 76.0 Å². The quantitative estimate of drug-likeness (QED) is 0.806. The third-order valence-electron chi connectivity index (χ3n) is 2.80. The summed E-state index contributed by atoms with van der Waals surface area (Å²) < 4.78 is 10.4. The van der Waals surface area contributed by atoms with Crippen LogP contribution in [0, 0.1) is 5.92 Å². The summed E-state index contributed by atoms with van der Waals surface area (Å²) in [6, 6.07) is 6.53. The van der Waals surface area contributed by atoms with Gasteiger partial charge in [0.2, 0.25) is 5.79 Å². The van der Waals surface area contributed by atoms with Gasteiger partial charge in [-0.15, -0.1) is 0 Å². The normalized spacial score (nSPS) is 25.1. The van der Waals surface area contributed by atoms with Crippen LogP contribution in [0.25, 0.3) is 0 Å². The van der Waals surface area contributed by atoms with Gasteiger partial charge in [0.15, 0.2) is 0 Å². The van der Waals surface area contributed by atoms with E-state index in [2.05, 4.69) is 0 Å². The van der Waals surface area contributed by atoms with Crippen LogP contribution in [0.5, 0.6) is 11.5 Å². The molecule has 100 valence electrons. The van der Waals surface area contributed by atoms with Gasteiger partial charge in [-0.05, 0) is 30.3 Å². The number of benzene rings is 1. The van der Waals surface area contributed by atoms with Gasteiger partial charge in [0.25, 0.3) is 0 Å². The largest absolute Gasteiger partial charge is 0.497 e. The fourth-order valence-electron chi connectivity index (χ4n) is 1.80. The van der Waals surface area contributed by atoms with Gasteiger partial charge in [0, 0.05) is 0 Å². The van der Waals surface area contributed by atoms with E-state index in [1.807, 2.05) is 0 Å². The Balaban J connectivity index is 2.21. The van der Waals surface area contributed by atoms with Crippen molar-refractivity contribution >= 4 is 5.97 Å². The second-order valence-corrected chi connectivity index (χ2v) is 4.09. The highest BCUT2D eigenvalue weighted by Crippen LogP contribution is 2.29. The van der Waals surface area contributed by atoms with Gasteiger partial charge in [0.05, 0.1) is 7.11 Å². The summed E-state index contributed by atoms with van der Waals surface area (Å²) in [4.78, 5) is 11.1. The predicted molar refractivity (Wildman–Crippen MR) is 68.0 cm³/mol. The molecule has 2 rings (SSSR count). The van der Waals surface area contributed by atoms with E-state index in [0.29, 0.717) is 11.5 Å². The molecule has 0 aliphatic heterocycles. The molecule has 0 amide bonds. The number of hydrogen-bond acceptors (Lipinski definition) is 4. The molecule has 1 aromatic carbocycles. The van der Waals surface area contributed by atoms with Crippen LogP contribution < -0.4 is 9.47 Å². The van der Waals surface area contributed by atoms with Crippen molar-refractivity contribution < 1.29 is 24.5 Å². The Bertz CT molecular complexity index is 517. The summed E-state index contributed by atoms with van der Waals surface area (Å²) >= 11 is 0. The maximum Gasteiger partial charge on any atom is 0.317 e. The molecule has 19 heavy (non-hydrogen) atoms. The highest BCUT2D eigenvalue weighted by atomic mass is 16.6. The van der Waals surface area contributed by atoms with Crippen LogP contribution in [0.3, 0.4) is 0 Å². The molecule has 0 radical (unpaired) electrons. The van der Waals surface area contributed by atoms with Crippen molar-refractivity contribution in [1.82, 2.24) is 0 Å². The highest BCUT2D eigenvalue weighted by molar-refractivity contribution is 5.74. The van der Waals surface area contributed by atoms with Crippen LogP contribution in [0.2, 0.25) is 0 Å². The molecule has 2 N–H and O–H groups in total. The molecule has 0 aromatic heterocycles. The Kier molecular flexibility index (Phi) is 3.57. The third kappa shape index (κ3) is 2.77. The van der Waals surface area contributed by atoms with Gasteiger partial charge in [-0.25, -0.2) is 0 Å².